The average Bonchev–Trinajstić information content (AvgIpc) is 2.87. The average molecular weight is 279 g/mol. The second-order valence-corrected chi connectivity index (χ2v) is 5.09. The SMILES string of the molecule is C#CC1CC(=O)N(c2cc3ccccc3cc2C(=O)O)C1. The van der Waals surface area contributed by atoms with Gasteiger partial charge in [0.2, 0.25) is 5.91 Å². The van der Waals surface area contributed by atoms with Crippen LogP contribution in [0.2, 0.25) is 0 Å². The summed E-state index contributed by atoms with van der Waals surface area (Å²) in [5.74, 6) is 1.23. The fourth-order valence-electron chi connectivity index (χ4n) is 2.67. The third kappa shape index (κ3) is 2.23. The van der Waals surface area contributed by atoms with Gasteiger partial charge in [0.15, 0.2) is 0 Å². The molecule has 4 heteroatoms. The van der Waals surface area contributed by atoms with Gasteiger partial charge in [-0.1, -0.05) is 24.3 Å². The minimum atomic E-state index is -1.05. The molecule has 0 saturated carbocycles. The summed E-state index contributed by atoms with van der Waals surface area (Å²) < 4.78 is 0. The summed E-state index contributed by atoms with van der Waals surface area (Å²) in [6, 6.07) is 10.8. The summed E-state index contributed by atoms with van der Waals surface area (Å²) in [4.78, 5) is 25.1. The molecule has 1 aliphatic heterocycles. The van der Waals surface area contributed by atoms with Crippen LogP contribution in [0, 0.1) is 18.3 Å². The van der Waals surface area contributed by atoms with Gasteiger partial charge in [-0.2, -0.15) is 0 Å². The Labute approximate surface area is 122 Å². The number of carbonyl (C=O) groups is 2. The van der Waals surface area contributed by atoms with E-state index in [0.717, 1.165) is 10.8 Å². The molecule has 0 aliphatic carbocycles. The first-order valence-electron chi connectivity index (χ1n) is 6.62. The molecule has 2 aromatic rings. The molecule has 0 bridgehead atoms. The number of amides is 1. The maximum absolute atomic E-state index is 12.1. The molecule has 2 aromatic carbocycles. The molecule has 1 saturated heterocycles. The van der Waals surface area contributed by atoms with E-state index in [-0.39, 0.29) is 23.8 Å². The van der Waals surface area contributed by atoms with Crippen LogP contribution in [0.1, 0.15) is 16.8 Å². The zero-order valence-corrected chi connectivity index (χ0v) is 11.2. The largest absolute Gasteiger partial charge is 0.478 e. The zero-order chi connectivity index (χ0) is 15.0. The first kappa shape index (κ1) is 13.2. The van der Waals surface area contributed by atoms with Crippen LogP contribution in [0.25, 0.3) is 10.8 Å². The Morgan fingerprint density at radius 1 is 1.29 bits per heavy atom. The van der Waals surface area contributed by atoms with E-state index < -0.39 is 5.97 Å². The molecule has 1 fully saturated rings. The third-order valence-corrected chi connectivity index (χ3v) is 3.75. The monoisotopic (exact) mass is 279 g/mol. The van der Waals surface area contributed by atoms with Crippen LogP contribution < -0.4 is 4.90 Å². The Hall–Kier alpha value is -2.80. The summed E-state index contributed by atoms with van der Waals surface area (Å²) in [7, 11) is 0. The van der Waals surface area contributed by atoms with Crippen molar-refractivity contribution >= 4 is 28.3 Å². The number of hydrogen-bond donors (Lipinski definition) is 1. The minimum absolute atomic E-state index is 0.125. The number of benzene rings is 2. The van der Waals surface area contributed by atoms with E-state index in [1.807, 2.05) is 24.3 Å². The maximum atomic E-state index is 12.1. The quantitative estimate of drug-likeness (QED) is 0.859. The van der Waals surface area contributed by atoms with Gasteiger partial charge in [0.1, 0.15) is 0 Å². The van der Waals surface area contributed by atoms with Gasteiger partial charge in [-0.15, -0.1) is 12.3 Å². The zero-order valence-electron chi connectivity index (χ0n) is 11.2. The molecule has 1 N–H and O–H groups in total. The van der Waals surface area contributed by atoms with Crippen molar-refractivity contribution in [2.24, 2.45) is 5.92 Å². The Morgan fingerprint density at radius 3 is 2.52 bits per heavy atom. The minimum Gasteiger partial charge on any atom is -0.478 e. The van der Waals surface area contributed by atoms with Crippen molar-refractivity contribution in [2.45, 2.75) is 6.42 Å². The van der Waals surface area contributed by atoms with Crippen LogP contribution in [0.4, 0.5) is 5.69 Å². The standard InChI is InChI=1S/C17H13NO3/c1-2-11-7-16(19)18(10-11)15-9-13-6-4-3-5-12(13)8-14(15)17(20)21/h1,3-6,8-9,11H,7,10H2,(H,20,21). The molecular formula is C17H13NO3. The Morgan fingerprint density at radius 2 is 1.95 bits per heavy atom. The van der Waals surface area contributed by atoms with Gasteiger partial charge in [-0.3, -0.25) is 4.79 Å². The molecule has 1 unspecified atom stereocenters. The Kier molecular flexibility index (Phi) is 3.11. The van der Waals surface area contributed by atoms with E-state index in [9.17, 15) is 14.7 Å². The summed E-state index contributed by atoms with van der Waals surface area (Å²) in [6.45, 7) is 0.369. The highest BCUT2D eigenvalue weighted by Gasteiger charge is 2.31. The summed E-state index contributed by atoms with van der Waals surface area (Å²) in [5.41, 5.74) is 0.545. The number of hydrogen-bond acceptors (Lipinski definition) is 2. The number of rotatable bonds is 2. The number of terminal acetylenes is 1. The van der Waals surface area contributed by atoms with Crippen LogP contribution in [-0.4, -0.2) is 23.5 Å². The lowest BCUT2D eigenvalue weighted by atomic mass is 10.0. The summed E-state index contributed by atoms with van der Waals surface area (Å²) >= 11 is 0. The van der Waals surface area contributed by atoms with Crippen LogP contribution in [-0.2, 0) is 4.79 Å². The number of anilines is 1. The highest BCUT2D eigenvalue weighted by atomic mass is 16.4. The van der Waals surface area contributed by atoms with Crippen molar-refractivity contribution in [3.05, 3.63) is 42.0 Å². The van der Waals surface area contributed by atoms with Gasteiger partial charge >= 0.3 is 5.97 Å². The molecule has 4 nitrogen and oxygen atoms in total. The molecule has 1 amide bonds. The molecule has 3 rings (SSSR count). The summed E-state index contributed by atoms with van der Waals surface area (Å²) in [5, 5.41) is 11.1. The van der Waals surface area contributed by atoms with Crippen molar-refractivity contribution in [2.75, 3.05) is 11.4 Å². The second-order valence-electron chi connectivity index (χ2n) is 5.09. The van der Waals surface area contributed by atoms with Gasteiger partial charge in [-0.05, 0) is 22.9 Å². The fraction of sp³-hybridized carbons (Fsp3) is 0.176. The van der Waals surface area contributed by atoms with Gasteiger partial charge in [0.25, 0.3) is 0 Å². The van der Waals surface area contributed by atoms with Gasteiger partial charge < -0.3 is 10.0 Å². The van der Waals surface area contributed by atoms with Crippen molar-refractivity contribution < 1.29 is 14.7 Å². The van der Waals surface area contributed by atoms with E-state index >= 15 is 0 Å². The fourth-order valence-corrected chi connectivity index (χ4v) is 2.67. The van der Waals surface area contributed by atoms with Gasteiger partial charge in [-0.25, -0.2) is 4.79 Å². The molecule has 1 atom stereocenters. The second kappa shape index (κ2) is 4.95. The van der Waals surface area contributed by atoms with Crippen molar-refractivity contribution in [3.8, 4) is 12.3 Å². The lowest BCUT2D eigenvalue weighted by molar-refractivity contribution is -0.117. The van der Waals surface area contributed by atoms with Gasteiger partial charge in [0.05, 0.1) is 11.3 Å². The molecule has 0 spiro atoms. The highest BCUT2D eigenvalue weighted by Crippen LogP contribution is 2.31. The molecular weight excluding hydrogens is 266 g/mol. The Balaban J connectivity index is 2.17. The van der Waals surface area contributed by atoms with Crippen LogP contribution >= 0.6 is 0 Å². The summed E-state index contributed by atoms with van der Waals surface area (Å²) in [6.07, 6.45) is 5.65. The molecule has 1 aliphatic rings. The van der Waals surface area contributed by atoms with Crippen molar-refractivity contribution in [1.82, 2.24) is 0 Å². The normalized spacial score (nSPS) is 18.0. The van der Waals surface area contributed by atoms with Crippen LogP contribution in [0.3, 0.4) is 0 Å². The maximum Gasteiger partial charge on any atom is 0.337 e. The highest BCUT2D eigenvalue weighted by molar-refractivity contribution is 6.07. The van der Waals surface area contributed by atoms with Crippen LogP contribution in [0.15, 0.2) is 36.4 Å². The van der Waals surface area contributed by atoms with E-state index in [4.69, 9.17) is 6.42 Å². The molecule has 0 aromatic heterocycles. The third-order valence-electron chi connectivity index (χ3n) is 3.75. The van der Waals surface area contributed by atoms with E-state index in [1.165, 1.54) is 4.90 Å². The topological polar surface area (TPSA) is 57.6 Å². The lowest BCUT2D eigenvalue weighted by Gasteiger charge is -2.19. The van der Waals surface area contributed by atoms with E-state index in [2.05, 4.69) is 5.92 Å². The smallest absolute Gasteiger partial charge is 0.337 e. The predicted molar refractivity (Wildman–Crippen MR) is 80.2 cm³/mol. The number of aromatic carboxylic acids is 1. The number of carbonyl (C=O) groups excluding carboxylic acids is 1. The first-order valence-corrected chi connectivity index (χ1v) is 6.62. The molecule has 0 radical (unpaired) electrons. The molecule has 1 heterocycles. The lowest BCUT2D eigenvalue weighted by Crippen LogP contribution is -2.26. The predicted octanol–water partition coefficient (Wildman–Crippen LogP) is 2.52. The molecule has 104 valence electrons. The van der Waals surface area contributed by atoms with E-state index in [0.29, 0.717) is 12.2 Å². The van der Waals surface area contributed by atoms with Crippen molar-refractivity contribution in [3.63, 3.8) is 0 Å². The molecule has 21 heavy (non-hydrogen) atoms. The van der Waals surface area contributed by atoms with Gasteiger partial charge in [0, 0.05) is 18.9 Å². The van der Waals surface area contributed by atoms with E-state index in [1.54, 1.807) is 12.1 Å². The number of nitrogens with zero attached hydrogens (tertiary/aromatic N) is 1. The number of fused-ring (bicyclic) bond motifs is 1. The van der Waals surface area contributed by atoms with Crippen LogP contribution in [0.5, 0.6) is 0 Å². The number of carboxylic acids is 1. The van der Waals surface area contributed by atoms with Crippen molar-refractivity contribution in [1.29, 1.82) is 0 Å². The first-order chi connectivity index (χ1) is 10.1. The number of carboxylic acid groups (broad SMARTS) is 1. The Bertz CT molecular complexity index is 788.